The largest absolute Gasteiger partial charge is 0.481 e. The van der Waals surface area contributed by atoms with Crippen LogP contribution in [0.15, 0.2) is 77.8 Å². The second kappa shape index (κ2) is 10.1. The van der Waals surface area contributed by atoms with E-state index in [4.69, 9.17) is 11.5 Å². The van der Waals surface area contributed by atoms with Gasteiger partial charge in [0.15, 0.2) is 5.96 Å². The second-order valence-electron chi connectivity index (χ2n) is 7.02. The second-order valence-corrected chi connectivity index (χ2v) is 7.02. The molecule has 7 heteroatoms. The van der Waals surface area contributed by atoms with E-state index in [2.05, 4.69) is 10.3 Å². The molecule has 0 aliphatic rings. The van der Waals surface area contributed by atoms with E-state index in [0.717, 1.165) is 27.8 Å². The van der Waals surface area contributed by atoms with E-state index in [1.807, 2.05) is 66.7 Å². The molecule has 158 valence electrons. The van der Waals surface area contributed by atoms with Crippen LogP contribution in [0.4, 0.5) is 5.69 Å². The monoisotopic (exact) mass is 416 g/mol. The number of carboxylic acid groups (broad SMARTS) is 1. The molecule has 0 aliphatic carbocycles. The zero-order valence-corrected chi connectivity index (χ0v) is 16.9. The molecule has 3 rings (SSSR count). The quantitative estimate of drug-likeness (QED) is 0.242. The molecular formula is C24H24N4O3. The van der Waals surface area contributed by atoms with Gasteiger partial charge in [0.25, 0.3) is 0 Å². The van der Waals surface area contributed by atoms with Crippen LogP contribution in [0.5, 0.6) is 0 Å². The van der Waals surface area contributed by atoms with E-state index < -0.39 is 5.97 Å². The van der Waals surface area contributed by atoms with Gasteiger partial charge in [0.1, 0.15) is 0 Å². The summed E-state index contributed by atoms with van der Waals surface area (Å²) in [5.41, 5.74) is 15.9. The van der Waals surface area contributed by atoms with E-state index >= 15 is 0 Å². The highest BCUT2D eigenvalue weighted by Crippen LogP contribution is 2.36. The maximum absolute atomic E-state index is 11.7. The van der Waals surface area contributed by atoms with Crippen molar-refractivity contribution in [3.63, 3.8) is 0 Å². The SMILES string of the molecule is NC(N)=Nc1cccc(-c2cccc(C(CC(=O)O)c3ccccc3)c2CNC=O)c1. The number of nitrogens with one attached hydrogen (secondary N) is 1. The number of nitrogens with zero attached hydrogens (tertiary/aromatic N) is 1. The molecule has 3 aromatic rings. The third-order valence-corrected chi connectivity index (χ3v) is 4.95. The standard InChI is InChI=1S/C24H24N4O3/c25-24(26)28-18-9-4-8-17(12-18)19-10-5-11-20(22(19)14-27-15-29)21(13-23(30)31)16-6-2-1-3-7-16/h1-12,15,21H,13-14H2,(H,27,29)(H,30,31)(H4,25,26,28). The van der Waals surface area contributed by atoms with E-state index in [9.17, 15) is 14.7 Å². The van der Waals surface area contributed by atoms with Crippen LogP contribution in [0.3, 0.4) is 0 Å². The molecular weight excluding hydrogens is 392 g/mol. The first-order chi connectivity index (χ1) is 15.0. The van der Waals surface area contributed by atoms with E-state index in [0.29, 0.717) is 12.1 Å². The zero-order chi connectivity index (χ0) is 22.2. The molecule has 0 spiro atoms. The topological polar surface area (TPSA) is 131 Å². The van der Waals surface area contributed by atoms with Crippen LogP contribution >= 0.6 is 0 Å². The fraction of sp³-hybridized carbons (Fsp3) is 0.125. The highest BCUT2D eigenvalue weighted by molar-refractivity contribution is 5.80. The Bertz CT molecular complexity index is 1090. The predicted molar refractivity (Wildman–Crippen MR) is 121 cm³/mol. The number of aliphatic imine (C=N–C) groups is 1. The Morgan fingerprint density at radius 1 is 1.03 bits per heavy atom. The molecule has 0 radical (unpaired) electrons. The van der Waals surface area contributed by atoms with Gasteiger partial charge >= 0.3 is 5.97 Å². The average Bonchev–Trinajstić information content (AvgIpc) is 2.76. The zero-order valence-electron chi connectivity index (χ0n) is 16.9. The Kier molecular flexibility index (Phi) is 7.01. The summed E-state index contributed by atoms with van der Waals surface area (Å²) in [6.45, 7) is 0.254. The summed E-state index contributed by atoms with van der Waals surface area (Å²) in [5.74, 6) is -1.31. The van der Waals surface area contributed by atoms with Gasteiger partial charge in [0, 0.05) is 12.5 Å². The van der Waals surface area contributed by atoms with Crippen LogP contribution in [0.25, 0.3) is 11.1 Å². The van der Waals surface area contributed by atoms with Crippen LogP contribution in [0.2, 0.25) is 0 Å². The van der Waals surface area contributed by atoms with Gasteiger partial charge in [-0.15, -0.1) is 0 Å². The Hall–Kier alpha value is -4.13. The molecule has 7 nitrogen and oxygen atoms in total. The van der Waals surface area contributed by atoms with Crippen molar-refractivity contribution < 1.29 is 14.7 Å². The third kappa shape index (κ3) is 5.48. The van der Waals surface area contributed by atoms with Crippen molar-refractivity contribution in [2.45, 2.75) is 18.9 Å². The van der Waals surface area contributed by atoms with Crippen LogP contribution in [0, 0.1) is 0 Å². The number of rotatable bonds is 9. The number of aliphatic carboxylic acids is 1. The van der Waals surface area contributed by atoms with Crippen LogP contribution < -0.4 is 16.8 Å². The first kappa shape index (κ1) is 21.6. The molecule has 0 saturated heterocycles. The highest BCUT2D eigenvalue weighted by atomic mass is 16.4. The number of amides is 1. The first-order valence-electron chi connectivity index (χ1n) is 9.75. The number of carbonyl (C=O) groups is 2. The minimum Gasteiger partial charge on any atom is -0.481 e. The average molecular weight is 416 g/mol. The van der Waals surface area contributed by atoms with E-state index in [1.165, 1.54) is 0 Å². The number of nitrogens with two attached hydrogens (primary N) is 2. The number of guanidine groups is 1. The van der Waals surface area contributed by atoms with Gasteiger partial charge in [-0.3, -0.25) is 9.59 Å². The maximum Gasteiger partial charge on any atom is 0.304 e. The lowest BCUT2D eigenvalue weighted by Crippen LogP contribution is -2.21. The lowest BCUT2D eigenvalue weighted by molar-refractivity contribution is -0.137. The van der Waals surface area contributed by atoms with Crippen LogP contribution in [-0.2, 0) is 16.1 Å². The lowest BCUT2D eigenvalue weighted by Gasteiger charge is -2.22. The fourth-order valence-electron chi connectivity index (χ4n) is 3.70. The fourth-order valence-corrected chi connectivity index (χ4v) is 3.70. The first-order valence-corrected chi connectivity index (χ1v) is 9.75. The molecule has 1 atom stereocenters. The molecule has 0 bridgehead atoms. The molecule has 31 heavy (non-hydrogen) atoms. The number of carboxylic acids is 1. The number of benzene rings is 3. The van der Waals surface area contributed by atoms with Crippen molar-refractivity contribution in [2.24, 2.45) is 16.5 Å². The van der Waals surface area contributed by atoms with E-state index in [-0.39, 0.29) is 24.8 Å². The number of carbonyl (C=O) groups excluding carboxylic acids is 1. The Balaban J connectivity index is 2.18. The molecule has 0 aliphatic heterocycles. The Morgan fingerprint density at radius 2 is 1.77 bits per heavy atom. The predicted octanol–water partition coefficient (Wildman–Crippen LogP) is 3.11. The summed E-state index contributed by atoms with van der Waals surface area (Å²) in [7, 11) is 0. The van der Waals surface area contributed by atoms with Crippen molar-refractivity contribution in [1.29, 1.82) is 0 Å². The van der Waals surface area contributed by atoms with Crippen LogP contribution in [-0.4, -0.2) is 23.4 Å². The van der Waals surface area contributed by atoms with Gasteiger partial charge in [-0.1, -0.05) is 60.7 Å². The van der Waals surface area contributed by atoms with Crippen molar-refractivity contribution in [2.75, 3.05) is 0 Å². The molecule has 1 amide bonds. The number of hydrogen-bond donors (Lipinski definition) is 4. The van der Waals surface area contributed by atoms with Crippen molar-refractivity contribution >= 4 is 24.0 Å². The maximum atomic E-state index is 11.7. The summed E-state index contributed by atoms with van der Waals surface area (Å²) in [5, 5.41) is 12.3. The van der Waals surface area contributed by atoms with Gasteiger partial charge in [0.2, 0.25) is 6.41 Å². The summed E-state index contributed by atoms with van der Waals surface area (Å²) in [4.78, 5) is 26.9. The minimum absolute atomic E-state index is 0.0423. The Labute approximate surface area is 180 Å². The van der Waals surface area contributed by atoms with Crippen molar-refractivity contribution in [1.82, 2.24) is 5.32 Å². The van der Waals surface area contributed by atoms with E-state index in [1.54, 1.807) is 6.07 Å². The summed E-state index contributed by atoms with van der Waals surface area (Å²) < 4.78 is 0. The molecule has 0 heterocycles. The summed E-state index contributed by atoms with van der Waals surface area (Å²) in [6, 6.07) is 22.6. The molecule has 1 unspecified atom stereocenters. The summed E-state index contributed by atoms with van der Waals surface area (Å²) >= 11 is 0. The van der Waals surface area contributed by atoms with Crippen molar-refractivity contribution in [3.05, 3.63) is 89.5 Å². The minimum atomic E-state index is -0.900. The third-order valence-electron chi connectivity index (χ3n) is 4.95. The van der Waals surface area contributed by atoms with Gasteiger partial charge in [-0.2, -0.15) is 0 Å². The molecule has 3 aromatic carbocycles. The normalized spacial score (nSPS) is 11.4. The van der Waals surface area contributed by atoms with Crippen LogP contribution in [0.1, 0.15) is 29.0 Å². The lowest BCUT2D eigenvalue weighted by atomic mass is 9.83. The number of hydrogen-bond acceptors (Lipinski definition) is 3. The molecule has 0 saturated carbocycles. The van der Waals surface area contributed by atoms with Crippen molar-refractivity contribution in [3.8, 4) is 11.1 Å². The van der Waals surface area contributed by atoms with Gasteiger partial charge < -0.3 is 21.9 Å². The highest BCUT2D eigenvalue weighted by Gasteiger charge is 2.22. The van der Waals surface area contributed by atoms with Gasteiger partial charge in [-0.25, -0.2) is 4.99 Å². The smallest absolute Gasteiger partial charge is 0.304 e. The summed E-state index contributed by atoms with van der Waals surface area (Å²) in [6.07, 6.45) is 0.556. The molecule has 0 fully saturated rings. The Morgan fingerprint density at radius 3 is 2.45 bits per heavy atom. The van der Waals surface area contributed by atoms with Gasteiger partial charge in [0.05, 0.1) is 12.1 Å². The molecule has 6 N–H and O–H groups in total. The van der Waals surface area contributed by atoms with Gasteiger partial charge in [-0.05, 0) is 39.9 Å². The molecule has 0 aromatic heterocycles.